The van der Waals surface area contributed by atoms with Crippen molar-refractivity contribution in [2.75, 3.05) is 18.4 Å². The first-order valence-corrected chi connectivity index (χ1v) is 10.9. The summed E-state index contributed by atoms with van der Waals surface area (Å²) in [6, 6.07) is 4.00. The molecule has 1 amide bonds. The van der Waals surface area contributed by atoms with E-state index in [1.807, 2.05) is 29.9 Å². The fourth-order valence-electron chi connectivity index (χ4n) is 4.65. The van der Waals surface area contributed by atoms with Crippen LogP contribution in [0.4, 0.5) is 5.82 Å². The zero-order chi connectivity index (χ0) is 20.2. The Morgan fingerprint density at radius 2 is 2.03 bits per heavy atom. The van der Waals surface area contributed by atoms with Crippen LogP contribution < -0.4 is 16.2 Å². The summed E-state index contributed by atoms with van der Waals surface area (Å²) in [4.78, 5) is 26.1. The zero-order valence-electron chi connectivity index (χ0n) is 17.2. The van der Waals surface area contributed by atoms with Gasteiger partial charge in [0.25, 0.3) is 11.5 Å². The summed E-state index contributed by atoms with van der Waals surface area (Å²) in [6.07, 6.45) is 11.6. The van der Waals surface area contributed by atoms with Gasteiger partial charge >= 0.3 is 0 Å². The first-order valence-electron chi connectivity index (χ1n) is 10.9. The van der Waals surface area contributed by atoms with E-state index in [-0.39, 0.29) is 17.0 Å². The van der Waals surface area contributed by atoms with Crippen LogP contribution in [0.25, 0.3) is 0 Å². The van der Waals surface area contributed by atoms with Crippen molar-refractivity contribution in [2.45, 2.75) is 64.5 Å². The molecule has 4 rings (SSSR count). The SMILES string of the molecule is Cc1ccn(CC2CCCNC2)c(=O)c1C(=O)Nc1ccnn1C1CCCCC1. The number of hydrogen-bond acceptors (Lipinski definition) is 4. The van der Waals surface area contributed by atoms with Gasteiger partial charge in [-0.3, -0.25) is 9.59 Å². The van der Waals surface area contributed by atoms with E-state index in [1.165, 1.54) is 19.3 Å². The molecule has 0 bridgehead atoms. The Morgan fingerprint density at radius 1 is 1.21 bits per heavy atom. The fraction of sp³-hybridized carbons (Fsp3) is 0.591. The molecular formula is C22H31N5O2. The highest BCUT2D eigenvalue weighted by Crippen LogP contribution is 2.30. The summed E-state index contributed by atoms with van der Waals surface area (Å²) in [5, 5.41) is 10.8. The average molecular weight is 398 g/mol. The molecule has 0 spiro atoms. The molecule has 1 unspecified atom stereocenters. The number of carbonyl (C=O) groups excluding carboxylic acids is 1. The van der Waals surface area contributed by atoms with Gasteiger partial charge in [0.1, 0.15) is 11.4 Å². The van der Waals surface area contributed by atoms with Gasteiger partial charge in [0.15, 0.2) is 0 Å². The maximum absolute atomic E-state index is 13.1. The highest BCUT2D eigenvalue weighted by atomic mass is 16.2. The number of carbonyl (C=O) groups is 1. The van der Waals surface area contributed by atoms with Crippen LogP contribution in [0.1, 0.15) is 66.9 Å². The smallest absolute Gasteiger partial charge is 0.263 e. The molecule has 1 aliphatic carbocycles. The molecule has 0 radical (unpaired) electrons. The third kappa shape index (κ3) is 4.45. The number of aryl methyl sites for hydroxylation is 1. The largest absolute Gasteiger partial charge is 0.316 e. The van der Waals surface area contributed by atoms with Crippen LogP contribution in [0.3, 0.4) is 0 Å². The number of pyridine rings is 1. The molecule has 2 aromatic rings. The molecular weight excluding hydrogens is 366 g/mol. The first kappa shape index (κ1) is 19.9. The van der Waals surface area contributed by atoms with E-state index >= 15 is 0 Å². The van der Waals surface area contributed by atoms with Crippen LogP contribution in [-0.4, -0.2) is 33.3 Å². The number of anilines is 1. The Morgan fingerprint density at radius 3 is 2.79 bits per heavy atom. The summed E-state index contributed by atoms with van der Waals surface area (Å²) < 4.78 is 3.61. The monoisotopic (exact) mass is 397 g/mol. The lowest BCUT2D eigenvalue weighted by molar-refractivity contribution is 0.102. The third-order valence-electron chi connectivity index (χ3n) is 6.29. The molecule has 3 heterocycles. The van der Waals surface area contributed by atoms with Crippen LogP contribution in [0.5, 0.6) is 0 Å². The second-order valence-corrected chi connectivity index (χ2v) is 8.45. The van der Waals surface area contributed by atoms with Crippen molar-refractivity contribution in [2.24, 2.45) is 5.92 Å². The molecule has 1 aliphatic heterocycles. The van der Waals surface area contributed by atoms with Gasteiger partial charge in [0.05, 0.1) is 12.2 Å². The molecule has 2 aliphatic rings. The van der Waals surface area contributed by atoms with Crippen molar-refractivity contribution in [1.29, 1.82) is 0 Å². The van der Waals surface area contributed by atoms with Gasteiger partial charge in [-0.25, -0.2) is 4.68 Å². The molecule has 1 atom stereocenters. The van der Waals surface area contributed by atoms with Crippen molar-refractivity contribution in [3.8, 4) is 0 Å². The van der Waals surface area contributed by atoms with E-state index in [4.69, 9.17) is 0 Å². The minimum absolute atomic E-state index is 0.211. The van der Waals surface area contributed by atoms with Gasteiger partial charge in [-0.15, -0.1) is 0 Å². The predicted octanol–water partition coefficient (Wildman–Crippen LogP) is 3.11. The van der Waals surface area contributed by atoms with Crippen LogP contribution in [-0.2, 0) is 6.54 Å². The summed E-state index contributed by atoms with van der Waals surface area (Å²) in [6.45, 7) is 4.43. The molecule has 29 heavy (non-hydrogen) atoms. The number of nitrogens with zero attached hydrogens (tertiary/aromatic N) is 3. The summed E-state index contributed by atoms with van der Waals surface area (Å²) in [5.41, 5.74) is 0.721. The molecule has 1 saturated carbocycles. The second-order valence-electron chi connectivity index (χ2n) is 8.45. The van der Waals surface area contributed by atoms with Gasteiger partial charge in [0, 0.05) is 18.8 Å². The van der Waals surface area contributed by atoms with Gasteiger partial charge < -0.3 is 15.2 Å². The lowest BCUT2D eigenvalue weighted by atomic mass is 9.96. The summed E-state index contributed by atoms with van der Waals surface area (Å²) in [7, 11) is 0. The van der Waals surface area contributed by atoms with Crippen molar-refractivity contribution < 1.29 is 4.79 Å². The maximum Gasteiger partial charge on any atom is 0.263 e. The third-order valence-corrected chi connectivity index (χ3v) is 6.29. The van der Waals surface area contributed by atoms with Gasteiger partial charge in [0.2, 0.25) is 0 Å². The van der Waals surface area contributed by atoms with Crippen molar-refractivity contribution in [3.63, 3.8) is 0 Å². The molecule has 1 saturated heterocycles. The van der Waals surface area contributed by atoms with Crippen LogP contribution in [0, 0.1) is 12.8 Å². The van der Waals surface area contributed by atoms with Gasteiger partial charge in [-0.05, 0) is 63.2 Å². The van der Waals surface area contributed by atoms with E-state index in [0.29, 0.717) is 29.9 Å². The van der Waals surface area contributed by atoms with Crippen molar-refractivity contribution in [3.05, 3.63) is 46.0 Å². The zero-order valence-corrected chi connectivity index (χ0v) is 17.2. The van der Waals surface area contributed by atoms with Crippen LogP contribution >= 0.6 is 0 Å². The van der Waals surface area contributed by atoms with Crippen LogP contribution in [0.2, 0.25) is 0 Å². The average Bonchev–Trinajstić information content (AvgIpc) is 3.20. The Kier molecular flexibility index (Phi) is 6.13. The molecule has 156 valence electrons. The number of rotatable bonds is 5. The Labute approximate surface area is 171 Å². The van der Waals surface area contributed by atoms with E-state index in [9.17, 15) is 9.59 Å². The first-order chi connectivity index (χ1) is 14.1. The number of hydrogen-bond donors (Lipinski definition) is 2. The molecule has 7 heteroatoms. The van der Waals surface area contributed by atoms with Gasteiger partial charge in [-0.1, -0.05) is 19.3 Å². The minimum Gasteiger partial charge on any atom is -0.316 e. The van der Waals surface area contributed by atoms with Gasteiger partial charge in [-0.2, -0.15) is 5.10 Å². The molecule has 2 aromatic heterocycles. The molecule has 2 N–H and O–H groups in total. The van der Waals surface area contributed by atoms with Crippen molar-refractivity contribution >= 4 is 11.7 Å². The van der Waals surface area contributed by atoms with E-state index < -0.39 is 0 Å². The number of piperidine rings is 1. The highest BCUT2D eigenvalue weighted by molar-refractivity contribution is 6.04. The minimum atomic E-state index is -0.346. The number of aromatic nitrogens is 3. The van der Waals surface area contributed by atoms with E-state index in [2.05, 4.69) is 15.7 Å². The predicted molar refractivity (Wildman–Crippen MR) is 113 cm³/mol. The molecule has 2 fully saturated rings. The number of nitrogens with one attached hydrogen (secondary N) is 2. The standard InChI is InChI=1S/C22H31N5O2/c1-16-10-13-26(15-17-6-5-11-23-14-17)22(29)20(16)21(28)25-19-9-12-24-27(19)18-7-3-2-4-8-18/h9-10,12-13,17-18,23H,2-8,11,14-15H2,1H3,(H,25,28). The van der Waals surface area contributed by atoms with E-state index in [0.717, 1.165) is 38.8 Å². The highest BCUT2D eigenvalue weighted by Gasteiger charge is 2.22. The quantitative estimate of drug-likeness (QED) is 0.812. The number of amides is 1. The Hall–Kier alpha value is -2.41. The summed E-state index contributed by atoms with van der Waals surface area (Å²) in [5.74, 6) is 0.751. The Bertz CT molecular complexity index is 904. The summed E-state index contributed by atoms with van der Waals surface area (Å²) >= 11 is 0. The topological polar surface area (TPSA) is 81.0 Å². The second kappa shape index (κ2) is 8.95. The Balaban J connectivity index is 1.54. The normalized spacial score (nSPS) is 20.5. The molecule has 0 aromatic carbocycles. The van der Waals surface area contributed by atoms with Crippen molar-refractivity contribution in [1.82, 2.24) is 19.7 Å². The van der Waals surface area contributed by atoms with E-state index in [1.54, 1.807) is 10.8 Å². The molecule has 7 nitrogen and oxygen atoms in total. The lowest BCUT2D eigenvalue weighted by Crippen LogP contribution is -2.36. The maximum atomic E-state index is 13.1. The lowest BCUT2D eigenvalue weighted by Gasteiger charge is -2.24. The van der Waals surface area contributed by atoms with Crippen LogP contribution in [0.15, 0.2) is 29.3 Å². The fourth-order valence-corrected chi connectivity index (χ4v) is 4.65.